The third-order valence-electron chi connectivity index (χ3n) is 6.19. The Kier molecular flexibility index (Phi) is 3.51. The van der Waals surface area contributed by atoms with Crippen LogP contribution in [0, 0.1) is 0 Å². The van der Waals surface area contributed by atoms with Crippen molar-refractivity contribution >= 4 is 34.0 Å². The van der Waals surface area contributed by atoms with E-state index >= 15 is 4.57 Å². The molecule has 0 spiro atoms. The van der Waals surface area contributed by atoms with Crippen LogP contribution in [0.4, 0.5) is 0 Å². The Bertz CT molecular complexity index is 1600. The van der Waals surface area contributed by atoms with Crippen molar-refractivity contribution in [3.8, 4) is 34.1 Å². The summed E-state index contributed by atoms with van der Waals surface area (Å²) in [5, 5.41) is 3.07. The van der Waals surface area contributed by atoms with Gasteiger partial charge in [-0.05, 0) is 54.1 Å². The highest BCUT2D eigenvalue weighted by Gasteiger charge is 2.47. The lowest BCUT2D eigenvalue weighted by Gasteiger charge is -2.35. The van der Waals surface area contributed by atoms with Crippen molar-refractivity contribution in [1.29, 1.82) is 0 Å². The molecule has 7 rings (SSSR count). The van der Waals surface area contributed by atoms with E-state index in [0.29, 0.717) is 38.9 Å². The lowest BCUT2D eigenvalue weighted by atomic mass is 10.00. The van der Waals surface area contributed by atoms with Gasteiger partial charge in [-0.2, -0.15) is 0 Å². The molecule has 0 radical (unpaired) electrons. The predicted octanol–water partition coefficient (Wildman–Crippen LogP) is 5.75. The molecule has 3 heterocycles. The maximum atomic E-state index is 15.0. The van der Waals surface area contributed by atoms with Gasteiger partial charge in [0.1, 0.15) is 28.3 Å². The zero-order chi connectivity index (χ0) is 21.3. The van der Waals surface area contributed by atoms with Gasteiger partial charge < -0.3 is 14.0 Å². The van der Waals surface area contributed by atoms with Crippen molar-refractivity contribution in [3.63, 3.8) is 0 Å². The Morgan fingerprint density at radius 2 is 1.31 bits per heavy atom. The van der Waals surface area contributed by atoms with E-state index in [1.807, 2.05) is 91.0 Å². The molecule has 32 heavy (non-hydrogen) atoms. The van der Waals surface area contributed by atoms with E-state index in [1.54, 1.807) is 6.20 Å². The van der Waals surface area contributed by atoms with Crippen LogP contribution in [-0.4, -0.2) is 4.98 Å². The summed E-state index contributed by atoms with van der Waals surface area (Å²) in [6.45, 7) is 0. The first-order valence-corrected chi connectivity index (χ1v) is 12.1. The summed E-state index contributed by atoms with van der Waals surface area (Å²) in [4.78, 5) is 4.50. The number of hydrogen-bond donors (Lipinski definition) is 0. The molecule has 1 aromatic heterocycles. The Balaban J connectivity index is 1.61. The van der Waals surface area contributed by atoms with Gasteiger partial charge in [-0.3, -0.25) is 4.98 Å². The molecular formula is C27H16NO3P. The molecule has 0 saturated heterocycles. The zero-order valence-electron chi connectivity index (χ0n) is 16.9. The largest absolute Gasteiger partial charge is 0.456 e. The minimum Gasteiger partial charge on any atom is -0.456 e. The van der Waals surface area contributed by atoms with Gasteiger partial charge in [-0.25, -0.2) is 0 Å². The van der Waals surface area contributed by atoms with Gasteiger partial charge in [0.2, 0.25) is 0 Å². The molecule has 1 atom stereocenters. The second kappa shape index (κ2) is 6.32. The second-order valence-electron chi connectivity index (χ2n) is 7.91. The number of nitrogens with zero attached hydrogens (tertiary/aromatic N) is 1. The van der Waals surface area contributed by atoms with Crippen molar-refractivity contribution in [3.05, 3.63) is 97.2 Å². The predicted molar refractivity (Wildman–Crippen MR) is 127 cm³/mol. The molecule has 0 bridgehead atoms. The highest BCUT2D eigenvalue weighted by molar-refractivity contribution is 7.86. The molecule has 2 aliphatic heterocycles. The van der Waals surface area contributed by atoms with Gasteiger partial charge in [-0.15, -0.1) is 0 Å². The van der Waals surface area contributed by atoms with Crippen LogP contribution >= 0.6 is 7.14 Å². The normalized spacial score (nSPS) is 17.5. The lowest BCUT2D eigenvalue weighted by Crippen LogP contribution is -2.35. The van der Waals surface area contributed by atoms with Gasteiger partial charge in [0.15, 0.2) is 7.14 Å². The lowest BCUT2D eigenvalue weighted by molar-refractivity contribution is 0.463. The Labute approximate surface area is 184 Å². The number of para-hydroxylation sites is 3. The summed E-state index contributed by atoms with van der Waals surface area (Å²) >= 11 is 0. The Morgan fingerprint density at radius 1 is 0.625 bits per heavy atom. The van der Waals surface area contributed by atoms with E-state index in [1.165, 1.54) is 0 Å². The second-order valence-corrected chi connectivity index (χ2v) is 10.5. The molecule has 5 heteroatoms. The average molecular weight is 433 g/mol. The molecule has 152 valence electrons. The topological polar surface area (TPSA) is 48.4 Å². The van der Waals surface area contributed by atoms with Gasteiger partial charge >= 0.3 is 0 Å². The molecule has 5 aromatic rings. The van der Waals surface area contributed by atoms with E-state index in [4.69, 9.17) is 9.47 Å². The van der Waals surface area contributed by atoms with Gasteiger partial charge in [0.05, 0.1) is 16.1 Å². The van der Waals surface area contributed by atoms with Crippen molar-refractivity contribution in [1.82, 2.24) is 4.98 Å². The van der Waals surface area contributed by atoms with Crippen LogP contribution in [0.2, 0.25) is 0 Å². The summed E-state index contributed by atoms with van der Waals surface area (Å²) in [5.74, 6) is 2.43. The molecule has 0 N–H and O–H groups in total. The Morgan fingerprint density at radius 3 is 2.12 bits per heavy atom. The van der Waals surface area contributed by atoms with E-state index < -0.39 is 7.14 Å². The van der Waals surface area contributed by atoms with Crippen LogP contribution in [0.25, 0.3) is 22.0 Å². The summed E-state index contributed by atoms with van der Waals surface area (Å²) < 4.78 is 27.7. The number of rotatable bonds is 1. The Hall–Kier alpha value is -3.88. The molecule has 0 fully saturated rings. The fraction of sp³-hybridized carbons (Fsp3) is 0. The highest BCUT2D eigenvalue weighted by atomic mass is 31.2. The van der Waals surface area contributed by atoms with Gasteiger partial charge in [-0.1, -0.05) is 42.5 Å². The molecule has 4 nitrogen and oxygen atoms in total. The smallest absolute Gasteiger partial charge is 0.185 e. The van der Waals surface area contributed by atoms with Crippen molar-refractivity contribution in [2.75, 3.05) is 0 Å². The quantitative estimate of drug-likeness (QED) is 0.309. The third-order valence-corrected chi connectivity index (χ3v) is 9.34. The van der Waals surface area contributed by atoms with Gasteiger partial charge in [0.25, 0.3) is 0 Å². The number of hydrogen-bond acceptors (Lipinski definition) is 4. The highest BCUT2D eigenvalue weighted by Crippen LogP contribution is 2.59. The zero-order valence-corrected chi connectivity index (χ0v) is 17.8. The molecule has 1 unspecified atom stereocenters. The monoisotopic (exact) mass is 433 g/mol. The van der Waals surface area contributed by atoms with Crippen molar-refractivity contribution in [2.45, 2.75) is 0 Å². The van der Waals surface area contributed by atoms with E-state index in [-0.39, 0.29) is 0 Å². The number of ether oxygens (including phenoxy) is 2. The van der Waals surface area contributed by atoms with Crippen molar-refractivity contribution in [2.24, 2.45) is 0 Å². The maximum absolute atomic E-state index is 15.0. The van der Waals surface area contributed by atoms with Crippen LogP contribution in [0.1, 0.15) is 0 Å². The summed E-state index contributed by atoms with van der Waals surface area (Å²) in [6, 6.07) is 29.1. The fourth-order valence-electron chi connectivity index (χ4n) is 4.79. The first-order chi connectivity index (χ1) is 15.7. The number of fused-ring (bicyclic) bond motifs is 5. The molecule has 0 aliphatic carbocycles. The maximum Gasteiger partial charge on any atom is 0.185 e. The minimum atomic E-state index is -3.19. The van der Waals surface area contributed by atoms with Crippen LogP contribution in [0.3, 0.4) is 0 Å². The number of pyridine rings is 1. The van der Waals surface area contributed by atoms with Crippen LogP contribution in [0.5, 0.6) is 23.0 Å². The molecule has 0 saturated carbocycles. The third kappa shape index (κ3) is 2.22. The number of aromatic nitrogens is 1. The van der Waals surface area contributed by atoms with Crippen LogP contribution < -0.4 is 25.4 Å². The summed E-state index contributed by atoms with van der Waals surface area (Å²) in [6.07, 6.45) is 1.80. The SMILES string of the molecule is O=P12c3ccccc3Oc3ccc(-c4ccnc5ccccc45)c(c31)Oc1ccccc12. The standard InChI is InChI=1S/C27H16NO3P/c29-32-24-11-5-3-9-21(24)30-23-14-13-19(17-15-16-28-20-8-2-1-7-18(17)20)26(27(23)32)31-22-10-4-6-12-25(22)32/h1-16H. The number of benzene rings is 4. The summed E-state index contributed by atoms with van der Waals surface area (Å²) in [5.41, 5.74) is 2.76. The minimum absolute atomic E-state index is 0.582. The van der Waals surface area contributed by atoms with E-state index in [0.717, 1.165) is 22.0 Å². The first kappa shape index (κ1) is 17.8. The van der Waals surface area contributed by atoms with E-state index in [9.17, 15) is 0 Å². The van der Waals surface area contributed by atoms with Gasteiger partial charge in [0, 0.05) is 17.1 Å². The van der Waals surface area contributed by atoms with Crippen molar-refractivity contribution < 1.29 is 14.0 Å². The molecule has 4 aromatic carbocycles. The molecule has 0 amide bonds. The average Bonchev–Trinajstić information content (AvgIpc) is 2.84. The fourth-order valence-corrected chi connectivity index (χ4v) is 7.86. The summed E-state index contributed by atoms with van der Waals surface area (Å²) in [7, 11) is -3.19. The van der Waals surface area contributed by atoms with Crippen LogP contribution in [0.15, 0.2) is 97.2 Å². The van der Waals surface area contributed by atoms with E-state index in [2.05, 4.69) is 4.98 Å². The molecular weight excluding hydrogens is 417 g/mol. The molecule has 2 aliphatic rings. The first-order valence-electron chi connectivity index (χ1n) is 10.4. The van der Waals surface area contributed by atoms with Crippen LogP contribution in [-0.2, 0) is 4.57 Å².